The zero-order valence-electron chi connectivity index (χ0n) is 20.4. The maximum Gasteiger partial charge on any atom is 0.310 e. The topological polar surface area (TPSA) is 57.5 Å². The average Bonchev–Trinajstić information content (AvgIpc) is 2.70. The van der Waals surface area contributed by atoms with E-state index in [1.165, 1.54) is 24.8 Å². The Kier molecular flexibility index (Phi) is 4.85. The number of carboxylic acids is 1. The lowest BCUT2D eigenvalue weighted by molar-refractivity contribution is -0.188. The van der Waals surface area contributed by atoms with Crippen molar-refractivity contribution in [2.75, 3.05) is 0 Å². The number of aliphatic carboxylic acids is 1. The summed E-state index contributed by atoms with van der Waals surface area (Å²) in [6.45, 7) is 12.0. The Hall–Kier alpha value is -0.830. The van der Waals surface area contributed by atoms with Crippen molar-refractivity contribution in [3.8, 4) is 0 Å². The lowest BCUT2D eigenvalue weighted by Gasteiger charge is -2.68. The van der Waals surface area contributed by atoms with Crippen molar-refractivity contribution in [2.45, 2.75) is 105 Å². The van der Waals surface area contributed by atoms with Crippen LogP contribution in [-0.4, -0.2) is 22.3 Å². The molecule has 9 atom stereocenters. The predicted octanol–water partition coefficient (Wildman–Crippen LogP) is 6.45. The molecule has 4 saturated carbocycles. The van der Waals surface area contributed by atoms with Crippen LogP contribution in [0.25, 0.3) is 0 Å². The van der Waals surface area contributed by atoms with Gasteiger partial charge >= 0.3 is 5.97 Å². The van der Waals surface area contributed by atoms with Crippen LogP contribution >= 0.6 is 0 Å². The number of carbonyl (C=O) groups is 1. The largest absolute Gasteiger partial charge is 0.481 e. The minimum absolute atomic E-state index is 0.0127. The Morgan fingerprint density at radius 1 is 0.935 bits per heavy atom. The normalized spacial score (nSPS) is 53.3. The van der Waals surface area contributed by atoms with Gasteiger partial charge in [-0.25, -0.2) is 0 Å². The van der Waals surface area contributed by atoms with Crippen LogP contribution in [-0.2, 0) is 4.79 Å². The van der Waals surface area contributed by atoms with Crippen LogP contribution in [0.2, 0.25) is 0 Å². The lowest BCUT2D eigenvalue weighted by atomic mass is 9.37. The van der Waals surface area contributed by atoms with Crippen molar-refractivity contribution < 1.29 is 15.0 Å². The van der Waals surface area contributed by atoms with Gasteiger partial charge in [0, 0.05) is 0 Å². The lowest BCUT2D eigenvalue weighted by Crippen LogP contribution is -2.62. The van der Waals surface area contributed by atoms with Crippen molar-refractivity contribution in [1.29, 1.82) is 0 Å². The molecule has 8 unspecified atom stereocenters. The third-order valence-corrected chi connectivity index (χ3v) is 12.0. The molecular weight excluding hydrogens is 384 g/mol. The van der Waals surface area contributed by atoms with E-state index in [2.05, 4.69) is 40.7 Å². The molecule has 0 radical (unpaired) electrons. The Morgan fingerprint density at radius 2 is 1.65 bits per heavy atom. The van der Waals surface area contributed by atoms with Gasteiger partial charge in [0.1, 0.15) is 0 Å². The van der Waals surface area contributed by atoms with Crippen molar-refractivity contribution in [2.24, 2.45) is 51.2 Å². The summed E-state index contributed by atoms with van der Waals surface area (Å²) in [5, 5.41) is 21.2. The fourth-order valence-corrected chi connectivity index (χ4v) is 10.4. The van der Waals surface area contributed by atoms with Crippen LogP contribution in [0.5, 0.6) is 0 Å². The first-order valence-corrected chi connectivity index (χ1v) is 13.1. The molecule has 3 heteroatoms. The summed E-state index contributed by atoms with van der Waals surface area (Å²) in [4.78, 5) is 12.6. The fourth-order valence-electron chi connectivity index (χ4n) is 10.4. The number of carboxylic acid groups (broad SMARTS) is 1. The molecular formula is C28H44O3. The molecule has 0 aromatic carbocycles. The van der Waals surface area contributed by atoms with E-state index in [0.717, 1.165) is 44.9 Å². The summed E-state index contributed by atoms with van der Waals surface area (Å²) in [6, 6.07) is 0. The molecule has 0 aliphatic heterocycles. The molecule has 4 fully saturated rings. The molecule has 0 heterocycles. The van der Waals surface area contributed by atoms with Gasteiger partial charge in [-0.05, 0) is 97.2 Å². The molecule has 31 heavy (non-hydrogen) atoms. The van der Waals surface area contributed by atoms with E-state index in [-0.39, 0.29) is 28.3 Å². The highest BCUT2D eigenvalue weighted by atomic mass is 16.4. The van der Waals surface area contributed by atoms with Crippen LogP contribution in [0.3, 0.4) is 0 Å². The highest BCUT2D eigenvalue weighted by Gasteiger charge is 2.65. The van der Waals surface area contributed by atoms with Gasteiger partial charge in [0.25, 0.3) is 0 Å². The first-order chi connectivity index (χ1) is 14.5. The Labute approximate surface area is 189 Å². The molecule has 5 aliphatic carbocycles. The molecule has 0 aromatic heterocycles. The Bertz CT molecular complexity index is 798. The van der Waals surface area contributed by atoms with Gasteiger partial charge in [-0.15, -0.1) is 0 Å². The monoisotopic (exact) mass is 428 g/mol. The molecule has 174 valence electrons. The van der Waals surface area contributed by atoms with Crippen molar-refractivity contribution in [1.82, 2.24) is 0 Å². The summed E-state index contributed by atoms with van der Waals surface area (Å²) in [5.41, 5.74) is 1.56. The number of fused-ring (bicyclic) bond motifs is 7. The maximum absolute atomic E-state index is 12.6. The minimum Gasteiger partial charge on any atom is -0.481 e. The van der Waals surface area contributed by atoms with Gasteiger partial charge in [-0.2, -0.15) is 0 Å². The summed E-state index contributed by atoms with van der Waals surface area (Å²) >= 11 is 0. The van der Waals surface area contributed by atoms with Gasteiger partial charge in [0.05, 0.1) is 11.5 Å². The van der Waals surface area contributed by atoms with Gasteiger partial charge in [0.15, 0.2) is 0 Å². The van der Waals surface area contributed by atoms with Gasteiger partial charge in [0.2, 0.25) is 0 Å². The number of hydrogen-bond donors (Lipinski definition) is 2. The molecule has 0 aromatic rings. The molecule has 5 rings (SSSR count). The number of aliphatic hydroxyl groups excluding tert-OH is 1. The smallest absolute Gasteiger partial charge is 0.310 e. The van der Waals surface area contributed by atoms with E-state index in [1.807, 2.05) is 0 Å². The molecule has 2 N–H and O–H groups in total. The number of aliphatic hydroxyl groups is 1. The summed E-state index contributed by atoms with van der Waals surface area (Å²) in [5.74, 6) is 1.97. The van der Waals surface area contributed by atoms with E-state index >= 15 is 0 Å². The Morgan fingerprint density at radius 3 is 2.35 bits per heavy atom. The zero-order chi connectivity index (χ0) is 22.4. The van der Waals surface area contributed by atoms with Crippen molar-refractivity contribution in [3.05, 3.63) is 11.6 Å². The first kappa shape index (κ1) is 22.0. The molecule has 0 amide bonds. The second-order valence-corrected chi connectivity index (χ2v) is 13.4. The van der Waals surface area contributed by atoms with E-state index in [0.29, 0.717) is 23.7 Å². The van der Waals surface area contributed by atoms with Crippen LogP contribution in [0, 0.1) is 51.2 Å². The van der Waals surface area contributed by atoms with Crippen LogP contribution < -0.4 is 0 Å². The summed E-state index contributed by atoms with van der Waals surface area (Å²) in [6.07, 6.45) is 13.0. The molecule has 0 spiro atoms. The zero-order valence-corrected chi connectivity index (χ0v) is 20.4. The van der Waals surface area contributed by atoms with Gasteiger partial charge in [-0.3, -0.25) is 4.79 Å². The molecule has 0 saturated heterocycles. The quantitative estimate of drug-likeness (QED) is 0.472. The van der Waals surface area contributed by atoms with Crippen molar-refractivity contribution in [3.63, 3.8) is 0 Å². The second-order valence-electron chi connectivity index (χ2n) is 13.4. The van der Waals surface area contributed by atoms with E-state index < -0.39 is 11.4 Å². The predicted molar refractivity (Wildman–Crippen MR) is 123 cm³/mol. The number of hydrogen-bond acceptors (Lipinski definition) is 2. The Balaban J connectivity index is 1.56. The highest BCUT2D eigenvalue weighted by Crippen LogP contribution is 2.71. The second kappa shape index (κ2) is 6.84. The van der Waals surface area contributed by atoms with Crippen LogP contribution in [0.4, 0.5) is 0 Å². The SMILES string of the molecule is CC1CCCC2(C(=O)O)CCC3C(=CCC4C5(C)CCC(O)C(C)(C)C5CC[C@@]34C)C12. The average molecular weight is 429 g/mol. The highest BCUT2D eigenvalue weighted by molar-refractivity contribution is 5.76. The fraction of sp³-hybridized carbons (Fsp3) is 0.893. The van der Waals surface area contributed by atoms with Gasteiger partial charge in [-0.1, -0.05) is 59.1 Å². The number of allylic oxidation sites excluding steroid dienone is 2. The standard InChI is InChI=1S/C28H44O3/c1-17-7-6-13-28(24(30)31)16-10-19-18(23(17)28)8-9-21-26(19,4)14-11-20-25(2,3)22(29)12-15-27(20,21)5/h8,17,19-23,29H,6-7,9-16H2,1-5H3,(H,30,31)/t17?,19?,20?,21?,22?,23?,26-,27?,28?/m0/s1. The van der Waals surface area contributed by atoms with Crippen LogP contribution in [0.1, 0.15) is 98.8 Å². The van der Waals surface area contributed by atoms with Crippen LogP contribution in [0.15, 0.2) is 11.6 Å². The summed E-state index contributed by atoms with van der Waals surface area (Å²) < 4.78 is 0. The van der Waals surface area contributed by atoms with E-state index in [9.17, 15) is 15.0 Å². The van der Waals surface area contributed by atoms with E-state index in [1.54, 1.807) is 0 Å². The van der Waals surface area contributed by atoms with E-state index in [4.69, 9.17) is 0 Å². The molecule has 3 nitrogen and oxygen atoms in total. The molecule has 0 bridgehead atoms. The third kappa shape index (κ3) is 2.71. The molecule has 5 aliphatic rings. The summed E-state index contributed by atoms with van der Waals surface area (Å²) in [7, 11) is 0. The number of rotatable bonds is 1. The minimum atomic E-state index is -0.533. The third-order valence-electron chi connectivity index (χ3n) is 12.0. The first-order valence-electron chi connectivity index (χ1n) is 13.1. The van der Waals surface area contributed by atoms with Gasteiger partial charge < -0.3 is 10.2 Å². The van der Waals surface area contributed by atoms with Crippen molar-refractivity contribution >= 4 is 5.97 Å². The maximum atomic E-state index is 12.6.